The van der Waals surface area contributed by atoms with Gasteiger partial charge in [-0.2, -0.15) is 0 Å². The van der Waals surface area contributed by atoms with Crippen molar-refractivity contribution in [3.63, 3.8) is 0 Å². The molecule has 0 atom stereocenters. The van der Waals surface area contributed by atoms with Crippen LogP contribution in [0.5, 0.6) is 0 Å². The van der Waals surface area contributed by atoms with E-state index in [-0.39, 0.29) is 0 Å². The monoisotopic (exact) mass is 233 g/mol. The van der Waals surface area contributed by atoms with E-state index in [1.807, 2.05) is 11.4 Å². The molecule has 4 heteroatoms. The van der Waals surface area contributed by atoms with Crippen LogP contribution in [0.3, 0.4) is 0 Å². The predicted molar refractivity (Wildman–Crippen MR) is 63.9 cm³/mol. The average molecular weight is 233 g/mol. The second kappa shape index (κ2) is 4.45. The first-order valence-electron chi connectivity index (χ1n) is 4.97. The molecule has 0 aliphatic heterocycles. The van der Waals surface area contributed by atoms with Crippen LogP contribution in [0.4, 0.5) is 0 Å². The smallest absolute Gasteiger partial charge is 0.336 e. The molecule has 0 unspecified atom stereocenters. The van der Waals surface area contributed by atoms with Crippen molar-refractivity contribution in [3.05, 3.63) is 41.0 Å². The van der Waals surface area contributed by atoms with E-state index in [2.05, 4.69) is 11.9 Å². The fraction of sp³-hybridized carbons (Fsp3) is 0.167. The van der Waals surface area contributed by atoms with Crippen molar-refractivity contribution in [1.29, 1.82) is 0 Å². The van der Waals surface area contributed by atoms with E-state index >= 15 is 0 Å². The van der Waals surface area contributed by atoms with Gasteiger partial charge in [-0.1, -0.05) is 6.92 Å². The number of aryl methyl sites for hydroxylation is 1. The minimum atomic E-state index is -0.913. The molecular weight excluding hydrogens is 222 g/mol. The Balaban J connectivity index is 2.50. The van der Waals surface area contributed by atoms with Crippen molar-refractivity contribution in [2.45, 2.75) is 13.3 Å². The van der Waals surface area contributed by atoms with Crippen molar-refractivity contribution >= 4 is 17.3 Å². The van der Waals surface area contributed by atoms with Gasteiger partial charge in [0.25, 0.3) is 0 Å². The first kappa shape index (κ1) is 10.8. The third-order valence-electron chi connectivity index (χ3n) is 2.38. The van der Waals surface area contributed by atoms with Gasteiger partial charge in [-0.15, -0.1) is 11.3 Å². The number of rotatable bonds is 3. The van der Waals surface area contributed by atoms with Gasteiger partial charge < -0.3 is 5.11 Å². The Hall–Kier alpha value is -1.68. The highest BCUT2D eigenvalue weighted by Crippen LogP contribution is 2.29. The van der Waals surface area contributed by atoms with Crippen LogP contribution < -0.4 is 0 Å². The summed E-state index contributed by atoms with van der Waals surface area (Å²) in [7, 11) is 0. The van der Waals surface area contributed by atoms with Crippen LogP contribution in [-0.4, -0.2) is 16.1 Å². The summed E-state index contributed by atoms with van der Waals surface area (Å²) in [5.74, 6) is -0.913. The fourth-order valence-corrected chi connectivity index (χ4v) is 2.50. The second-order valence-electron chi connectivity index (χ2n) is 3.40. The summed E-state index contributed by atoms with van der Waals surface area (Å²) in [6.45, 7) is 2.08. The Morgan fingerprint density at radius 1 is 1.56 bits per heavy atom. The summed E-state index contributed by atoms with van der Waals surface area (Å²) in [5.41, 5.74) is 2.22. The first-order valence-corrected chi connectivity index (χ1v) is 5.85. The maximum atomic E-state index is 11.0. The predicted octanol–water partition coefficient (Wildman–Crippen LogP) is 3.07. The van der Waals surface area contributed by atoms with Gasteiger partial charge in [-0.25, -0.2) is 4.79 Å². The van der Waals surface area contributed by atoms with Gasteiger partial charge in [0, 0.05) is 22.8 Å². The van der Waals surface area contributed by atoms with Crippen molar-refractivity contribution in [2.24, 2.45) is 0 Å². The molecule has 0 saturated carbocycles. The lowest BCUT2D eigenvalue weighted by Crippen LogP contribution is -1.99. The molecule has 0 aliphatic rings. The molecule has 2 aromatic rings. The number of carboxylic acids is 1. The molecule has 0 fully saturated rings. The number of thiophene rings is 1. The molecule has 3 nitrogen and oxygen atoms in total. The van der Waals surface area contributed by atoms with E-state index in [0.29, 0.717) is 11.1 Å². The highest BCUT2D eigenvalue weighted by molar-refractivity contribution is 7.13. The summed E-state index contributed by atoms with van der Waals surface area (Å²) in [6.07, 6.45) is 4.06. The third-order valence-corrected chi connectivity index (χ3v) is 3.39. The normalized spacial score (nSPS) is 10.3. The van der Waals surface area contributed by atoms with Gasteiger partial charge in [0.15, 0.2) is 0 Å². The summed E-state index contributed by atoms with van der Waals surface area (Å²) in [6, 6.07) is 3.55. The van der Waals surface area contributed by atoms with E-state index in [4.69, 9.17) is 5.11 Å². The molecule has 1 N–H and O–H groups in total. The van der Waals surface area contributed by atoms with Crippen LogP contribution in [0, 0.1) is 0 Å². The van der Waals surface area contributed by atoms with Crippen molar-refractivity contribution in [2.75, 3.05) is 0 Å². The molecule has 2 aromatic heterocycles. The highest BCUT2D eigenvalue weighted by Gasteiger charge is 2.12. The maximum Gasteiger partial charge on any atom is 0.336 e. The van der Waals surface area contributed by atoms with Gasteiger partial charge in [0.05, 0.1) is 5.56 Å². The number of aromatic nitrogens is 1. The van der Waals surface area contributed by atoms with Gasteiger partial charge in [-0.3, -0.25) is 4.98 Å². The van der Waals surface area contributed by atoms with Gasteiger partial charge in [-0.05, 0) is 29.5 Å². The number of carbonyl (C=O) groups is 1. The minimum Gasteiger partial charge on any atom is -0.478 e. The van der Waals surface area contributed by atoms with E-state index < -0.39 is 5.97 Å². The Morgan fingerprint density at radius 2 is 2.38 bits per heavy atom. The van der Waals surface area contributed by atoms with Gasteiger partial charge >= 0.3 is 5.97 Å². The summed E-state index contributed by atoms with van der Waals surface area (Å²) in [5, 5.41) is 11.1. The second-order valence-corrected chi connectivity index (χ2v) is 4.31. The summed E-state index contributed by atoms with van der Waals surface area (Å²) in [4.78, 5) is 16.0. The lowest BCUT2D eigenvalue weighted by atomic mass is 10.1. The molecule has 0 spiro atoms. The molecule has 2 rings (SSSR count). The van der Waals surface area contributed by atoms with Gasteiger partial charge in [0.1, 0.15) is 0 Å². The molecule has 82 valence electrons. The minimum absolute atomic E-state index is 0.305. The summed E-state index contributed by atoms with van der Waals surface area (Å²) >= 11 is 1.56. The molecule has 0 aromatic carbocycles. The first-order chi connectivity index (χ1) is 7.72. The van der Waals surface area contributed by atoms with Crippen molar-refractivity contribution in [3.8, 4) is 10.4 Å². The molecule has 0 amide bonds. The van der Waals surface area contributed by atoms with E-state index in [1.54, 1.807) is 17.5 Å². The standard InChI is InChI=1S/C12H11NO2S/c1-2-8-5-11(16-7-8)10-6-13-4-3-9(10)12(14)15/h3-7H,2H2,1H3,(H,14,15). The molecule has 2 heterocycles. The lowest BCUT2D eigenvalue weighted by Gasteiger charge is -2.01. The highest BCUT2D eigenvalue weighted by atomic mass is 32.1. The third kappa shape index (κ3) is 1.97. The number of pyridine rings is 1. The summed E-state index contributed by atoms with van der Waals surface area (Å²) < 4.78 is 0. The number of carboxylic acid groups (broad SMARTS) is 1. The number of hydrogen-bond donors (Lipinski definition) is 1. The Morgan fingerprint density at radius 3 is 3.00 bits per heavy atom. The van der Waals surface area contributed by atoms with Crippen LogP contribution in [0.1, 0.15) is 22.8 Å². The Kier molecular flexibility index (Phi) is 3.01. The van der Waals surface area contributed by atoms with E-state index in [1.165, 1.54) is 17.8 Å². The molecule has 0 bridgehead atoms. The Labute approximate surface area is 97.4 Å². The molecule has 0 radical (unpaired) electrons. The van der Waals surface area contributed by atoms with Crippen LogP contribution >= 0.6 is 11.3 Å². The lowest BCUT2D eigenvalue weighted by molar-refractivity contribution is 0.0697. The van der Waals surface area contributed by atoms with Crippen LogP contribution in [0.15, 0.2) is 29.9 Å². The van der Waals surface area contributed by atoms with Crippen molar-refractivity contribution < 1.29 is 9.90 Å². The van der Waals surface area contributed by atoms with Crippen molar-refractivity contribution in [1.82, 2.24) is 4.98 Å². The number of hydrogen-bond acceptors (Lipinski definition) is 3. The van der Waals surface area contributed by atoms with E-state index in [0.717, 1.165) is 11.3 Å². The fourth-order valence-electron chi connectivity index (χ4n) is 1.48. The number of nitrogens with zero attached hydrogens (tertiary/aromatic N) is 1. The quantitative estimate of drug-likeness (QED) is 0.886. The zero-order valence-corrected chi connectivity index (χ0v) is 9.62. The average Bonchev–Trinajstić information content (AvgIpc) is 2.77. The molecule has 0 aliphatic carbocycles. The largest absolute Gasteiger partial charge is 0.478 e. The van der Waals surface area contributed by atoms with Gasteiger partial charge in [0.2, 0.25) is 0 Å². The maximum absolute atomic E-state index is 11.0. The number of aromatic carboxylic acids is 1. The van der Waals surface area contributed by atoms with Crippen LogP contribution in [0.25, 0.3) is 10.4 Å². The topological polar surface area (TPSA) is 50.2 Å². The Bertz CT molecular complexity index is 519. The zero-order chi connectivity index (χ0) is 11.5. The van der Waals surface area contributed by atoms with Crippen LogP contribution in [0.2, 0.25) is 0 Å². The van der Waals surface area contributed by atoms with E-state index in [9.17, 15) is 4.79 Å². The van der Waals surface area contributed by atoms with Crippen LogP contribution in [-0.2, 0) is 6.42 Å². The zero-order valence-electron chi connectivity index (χ0n) is 8.80. The molecule has 16 heavy (non-hydrogen) atoms. The molecule has 0 saturated heterocycles. The molecular formula is C12H11NO2S. The SMILES string of the molecule is CCc1csc(-c2cnccc2C(=O)O)c1.